The molecule has 3 rings (SSSR count). The van der Waals surface area contributed by atoms with Gasteiger partial charge in [0.2, 0.25) is 0 Å². The van der Waals surface area contributed by atoms with E-state index in [2.05, 4.69) is 71.9 Å². The van der Waals surface area contributed by atoms with E-state index < -0.39 is 0 Å². The molecule has 3 nitrogen and oxygen atoms in total. The average molecular weight is 283 g/mol. The minimum absolute atomic E-state index is 0.365. The molecule has 0 saturated carbocycles. The molecule has 102 valence electrons. The summed E-state index contributed by atoms with van der Waals surface area (Å²) in [7, 11) is 0. The Bertz CT molecular complexity index is 746. The Morgan fingerprint density at radius 3 is 2.60 bits per heavy atom. The molecule has 0 aliphatic rings. The molecular weight excluding hydrogens is 266 g/mol. The van der Waals surface area contributed by atoms with Gasteiger partial charge in [0, 0.05) is 21.9 Å². The molecule has 0 radical (unpaired) electrons. The first-order chi connectivity index (χ1) is 9.65. The van der Waals surface area contributed by atoms with E-state index in [9.17, 15) is 0 Å². The largest absolute Gasteiger partial charge is 0.285 e. The third-order valence-electron chi connectivity index (χ3n) is 3.24. The normalized spacial score (nSPS) is 11.4. The minimum Gasteiger partial charge on any atom is -0.285 e. The summed E-state index contributed by atoms with van der Waals surface area (Å²) < 4.78 is 2.09. The summed E-state index contributed by atoms with van der Waals surface area (Å²) in [5.74, 6) is 1.37. The fourth-order valence-corrected chi connectivity index (χ4v) is 3.06. The Morgan fingerprint density at radius 1 is 1.05 bits per heavy atom. The van der Waals surface area contributed by atoms with E-state index in [1.54, 1.807) is 11.8 Å². The summed E-state index contributed by atoms with van der Waals surface area (Å²) in [4.78, 5) is 2.49. The molecule has 2 heterocycles. The molecule has 20 heavy (non-hydrogen) atoms. The maximum atomic E-state index is 4.26. The monoisotopic (exact) mass is 283 g/mol. The van der Waals surface area contributed by atoms with Crippen LogP contribution in [-0.4, -0.2) is 14.6 Å². The minimum atomic E-state index is 0.365. The van der Waals surface area contributed by atoms with Crippen LogP contribution in [-0.2, 0) is 0 Å². The highest BCUT2D eigenvalue weighted by molar-refractivity contribution is 7.99. The lowest BCUT2D eigenvalue weighted by Crippen LogP contribution is -1.96. The molecule has 0 aliphatic heterocycles. The first kappa shape index (κ1) is 13.2. The zero-order valence-corrected chi connectivity index (χ0v) is 12.7. The van der Waals surface area contributed by atoms with Crippen LogP contribution in [0.2, 0.25) is 0 Å². The second kappa shape index (κ2) is 5.29. The molecule has 0 spiro atoms. The number of aromatic nitrogens is 3. The van der Waals surface area contributed by atoms with Crippen molar-refractivity contribution >= 4 is 17.4 Å². The van der Waals surface area contributed by atoms with Crippen LogP contribution < -0.4 is 0 Å². The van der Waals surface area contributed by atoms with Gasteiger partial charge in [0.1, 0.15) is 5.82 Å². The maximum Gasteiger partial charge on any atom is 0.160 e. The molecule has 3 aromatic rings. The van der Waals surface area contributed by atoms with Crippen molar-refractivity contribution in [3.8, 4) is 0 Å². The second-order valence-electron chi connectivity index (χ2n) is 5.17. The number of fused-ring (bicyclic) bond motifs is 1. The summed E-state index contributed by atoms with van der Waals surface area (Å²) in [6.07, 6.45) is 2.13. The highest BCUT2D eigenvalue weighted by Gasteiger charge is 2.10. The molecule has 0 fully saturated rings. The van der Waals surface area contributed by atoms with E-state index in [0.717, 1.165) is 11.5 Å². The van der Waals surface area contributed by atoms with Gasteiger partial charge < -0.3 is 0 Å². The van der Waals surface area contributed by atoms with Crippen molar-refractivity contribution in [2.45, 2.75) is 36.5 Å². The SMILES string of the molecule is Cc1ccccc1Sc1ccc2nnc(C(C)C)n2c1. The van der Waals surface area contributed by atoms with E-state index >= 15 is 0 Å². The predicted octanol–water partition coefficient (Wildman–Crippen LogP) is 4.31. The van der Waals surface area contributed by atoms with Crippen molar-refractivity contribution in [2.75, 3.05) is 0 Å². The molecule has 0 unspecified atom stereocenters. The summed E-state index contributed by atoms with van der Waals surface area (Å²) in [6.45, 7) is 6.41. The van der Waals surface area contributed by atoms with Crippen LogP contribution in [0.15, 0.2) is 52.4 Å². The van der Waals surface area contributed by atoms with Crippen LogP contribution >= 0.6 is 11.8 Å². The number of hydrogen-bond donors (Lipinski definition) is 0. The third kappa shape index (κ3) is 2.43. The Kier molecular flexibility index (Phi) is 3.49. The Balaban J connectivity index is 2.00. The summed E-state index contributed by atoms with van der Waals surface area (Å²) >= 11 is 1.78. The van der Waals surface area contributed by atoms with Crippen molar-refractivity contribution in [1.82, 2.24) is 14.6 Å². The van der Waals surface area contributed by atoms with Crippen LogP contribution in [0.1, 0.15) is 31.2 Å². The Morgan fingerprint density at radius 2 is 1.85 bits per heavy atom. The smallest absolute Gasteiger partial charge is 0.160 e. The summed E-state index contributed by atoms with van der Waals surface area (Å²) in [5.41, 5.74) is 2.20. The number of nitrogens with zero attached hydrogens (tertiary/aromatic N) is 3. The third-order valence-corrected chi connectivity index (χ3v) is 4.39. The highest BCUT2D eigenvalue weighted by Crippen LogP contribution is 2.30. The second-order valence-corrected chi connectivity index (χ2v) is 6.29. The van der Waals surface area contributed by atoms with Gasteiger partial charge in [-0.25, -0.2) is 0 Å². The fourth-order valence-electron chi connectivity index (χ4n) is 2.14. The van der Waals surface area contributed by atoms with Crippen LogP contribution in [0, 0.1) is 6.92 Å². The molecule has 0 saturated heterocycles. The number of aryl methyl sites for hydroxylation is 1. The molecule has 2 aromatic heterocycles. The van der Waals surface area contributed by atoms with Gasteiger partial charge in [0.05, 0.1) is 0 Å². The molecule has 0 N–H and O–H groups in total. The molecule has 0 atom stereocenters. The van der Waals surface area contributed by atoms with Gasteiger partial charge >= 0.3 is 0 Å². The topological polar surface area (TPSA) is 30.2 Å². The van der Waals surface area contributed by atoms with Crippen LogP contribution in [0.4, 0.5) is 0 Å². The quantitative estimate of drug-likeness (QED) is 0.717. The summed E-state index contributed by atoms with van der Waals surface area (Å²) in [6, 6.07) is 12.6. The van der Waals surface area contributed by atoms with Crippen LogP contribution in [0.25, 0.3) is 5.65 Å². The Labute approximate surface area is 123 Å². The van der Waals surface area contributed by atoms with Gasteiger partial charge in [-0.15, -0.1) is 10.2 Å². The van der Waals surface area contributed by atoms with E-state index in [4.69, 9.17) is 0 Å². The van der Waals surface area contributed by atoms with Crippen LogP contribution in [0.5, 0.6) is 0 Å². The number of pyridine rings is 1. The van der Waals surface area contributed by atoms with Crippen molar-refractivity contribution in [1.29, 1.82) is 0 Å². The van der Waals surface area contributed by atoms with Gasteiger partial charge in [0.25, 0.3) is 0 Å². The lowest BCUT2D eigenvalue weighted by atomic mass is 10.2. The van der Waals surface area contributed by atoms with Crippen LogP contribution in [0.3, 0.4) is 0 Å². The number of hydrogen-bond acceptors (Lipinski definition) is 3. The summed E-state index contributed by atoms with van der Waals surface area (Å²) in [5, 5.41) is 8.47. The van der Waals surface area contributed by atoms with Crippen molar-refractivity contribution in [3.05, 3.63) is 54.0 Å². The number of benzene rings is 1. The molecule has 0 amide bonds. The van der Waals surface area contributed by atoms with Gasteiger partial charge in [-0.3, -0.25) is 4.40 Å². The lowest BCUT2D eigenvalue weighted by Gasteiger charge is -2.07. The predicted molar refractivity (Wildman–Crippen MR) is 82.4 cm³/mol. The number of rotatable bonds is 3. The van der Waals surface area contributed by atoms with E-state index in [1.165, 1.54) is 15.4 Å². The van der Waals surface area contributed by atoms with E-state index in [0.29, 0.717) is 5.92 Å². The van der Waals surface area contributed by atoms with Crippen molar-refractivity contribution in [2.24, 2.45) is 0 Å². The first-order valence-corrected chi connectivity index (χ1v) is 7.55. The van der Waals surface area contributed by atoms with Crippen molar-refractivity contribution in [3.63, 3.8) is 0 Å². The fraction of sp³-hybridized carbons (Fsp3) is 0.250. The lowest BCUT2D eigenvalue weighted by molar-refractivity contribution is 0.756. The van der Waals surface area contributed by atoms with Gasteiger partial charge in [-0.05, 0) is 30.7 Å². The maximum absolute atomic E-state index is 4.26. The molecular formula is C16H17N3S. The van der Waals surface area contributed by atoms with Gasteiger partial charge in [-0.2, -0.15) is 0 Å². The van der Waals surface area contributed by atoms with Gasteiger partial charge in [0.15, 0.2) is 5.65 Å². The average Bonchev–Trinajstić information content (AvgIpc) is 2.84. The standard InChI is InChI=1S/C16H17N3S/c1-11(2)16-18-17-15-9-8-13(10-19(15)16)20-14-7-5-4-6-12(14)3/h4-11H,1-3H3. The van der Waals surface area contributed by atoms with E-state index in [-0.39, 0.29) is 0 Å². The van der Waals surface area contributed by atoms with E-state index in [1.807, 2.05) is 6.07 Å². The first-order valence-electron chi connectivity index (χ1n) is 6.73. The van der Waals surface area contributed by atoms with Gasteiger partial charge in [-0.1, -0.05) is 43.8 Å². The molecule has 1 aromatic carbocycles. The zero-order valence-electron chi connectivity index (χ0n) is 11.9. The highest BCUT2D eigenvalue weighted by atomic mass is 32.2. The Hall–Kier alpha value is -1.81. The molecule has 4 heteroatoms. The molecule has 0 aliphatic carbocycles. The molecule has 0 bridgehead atoms. The zero-order chi connectivity index (χ0) is 14.1. The van der Waals surface area contributed by atoms with Crippen molar-refractivity contribution < 1.29 is 0 Å².